The molecule has 0 rings (SSSR count). The highest BCUT2D eigenvalue weighted by Crippen LogP contribution is 2.15. The summed E-state index contributed by atoms with van der Waals surface area (Å²) < 4.78 is 1.04. The summed E-state index contributed by atoms with van der Waals surface area (Å²) in [6.45, 7) is 2.51. The van der Waals surface area contributed by atoms with Gasteiger partial charge in [0.1, 0.15) is 0 Å². The van der Waals surface area contributed by atoms with Crippen molar-refractivity contribution in [2.24, 2.45) is 0 Å². The molecule has 0 saturated heterocycles. The van der Waals surface area contributed by atoms with Crippen LogP contribution in [0.4, 0.5) is 0 Å². The molecule has 0 radical (unpaired) electrons. The maximum Gasteiger partial charge on any atom is 0.216 e. The quantitative estimate of drug-likeness (QED) is 0.558. The van der Waals surface area contributed by atoms with Crippen molar-refractivity contribution >= 4 is 16.3 Å². The smallest absolute Gasteiger partial charge is 0.216 e. The number of nitrogens with zero attached hydrogens (tertiary/aromatic N) is 2. The van der Waals surface area contributed by atoms with Crippen molar-refractivity contribution in [2.75, 3.05) is 41.3 Å². The molecule has 0 N–H and O–H groups in total. The average molecular weight is 214 g/mol. The fraction of sp³-hybridized carbons (Fsp3) is 1.00. The Morgan fingerprint density at radius 1 is 0.857 bits per heavy atom. The molecule has 0 aromatic carbocycles. The van der Waals surface area contributed by atoms with Crippen LogP contribution in [0.2, 0.25) is 4.78 Å². The molecular weight excluding hydrogens is 187 g/mol. The van der Waals surface area contributed by atoms with Crippen molar-refractivity contribution in [1.29, 1.82) is 0 Å². The van der Waals surface area contributed by atoms with Crippen LogP contribution in [0.25, 0.3) is 0 Å². The lowest BCUT2D eigenvalue weighted by atomic mass is 10.1. The standard InChI is InChI=1S/C11H25N2.Al.2H/c1-12(2)10-8-6-5-7-9-11-13(3)4;;;/h5H,6-11H2,1-4H3;;;. The van der Waals surface area contributed by atoms with Gasteiger partial charge in [-0.05, 0) is 54.1 Å². The molecule has 2 nitrogen and oxygen atoms in total. The Morgan fingerprint density at radius 3 is 1.50 bits per heavy atom. The minimum absolute atomic E-state index is 1.04. The minimum atomic E-state index is 1.04. The molecule has 3 heteroatoms. The van der Waals surface area contributed by atoms with Crippen LogP contribution in [0, 0.1) is 0 Å². The van der Waals surface area contributed by atoms with E-state index in [1.807, 2.05) is 0 Å². The zero-order valence-corrected chi connectivity index (χ0v) is 12.7. The van der Waals surface area contributed by atoms with Crippen LogP contribution < -0.4 is 0 Å². The molecule has 84 valence electrons. The van der Waals surface area contributed by atoms with E-state index in [4.69, 9.17) is 0 Å². The summed E-state index contributed by atoms with van der Waals surface area (Å²) in [6, 6.07) is 0. The second kappa shape index (κ2) is 8.74. The fourth-order valence-electron chi connectivity index (χ4n) is 1.66. The van der Waals surface area contributed by atoms with Crippen LogP contribution >= 0.6 is 0 Å². The summed E-state index contributed by atoms with van der Waals surface area (Å²) in [5.74, 6) is 0. The monoisotopic (exact) mass is 214 g/mol. The molecule has 14 heavy (non-hydrogen) atoms. The molecule has 0 heterocycles. The van der Waals surface area contributed by atoms with Gasteiger partial charge in [0.2, 0.25) is 16.3 Å². The lowest BCUT2D eigenvalue weighted by molar-refractivity contribution is 0.375. The lowest BCUT2D eigenvalue weighted by Gasteiger charge is -2.15. The summed E-state index contributed by atoms with van der Waals surface area (Å²) in [7, 11) is 8.64. The number of rotatable bonds is 8. The zero-order valence-electron chi connectivity index (χ0n) is 10.7. The molecular formula is C11H27AlN2. The van der Waals surface area contributed by atoms with Crippen LogP contribution in [0.5, 0.6) is 0 Å². The van der Waals surface area contributed by atoms with Crippen molar-refractivity contribution in [1.82, 2.24) is 9.80 Å². The molecule has 0 atom stereocenters. The van der Waals surface area contributed by atoms with Gasteiger partial charge in [0.05, 0.1) is 0 Å². The molecule has 0 spiro atoms. The van der Waals surface area contributed by atoms with Crippen molar-refractivity contribution < 1.29 is 0 Å². The molecule has 0 aliphatic rings. The van der Waals surface area contributed by atoms with Crippen LogP contribution in [0.3, 0.4) is 0 Å². The first-order chi connectivity index (χ1) is 6.52. The highest BCUT2D eigenvalue weighted by molar-refractivity contribution is 6.11. The topological polar surface area (TPSA) is 6.48 Å². The van der Waals surface area contributed by atoms with E-state index >= 15 is 0 Å². The molecule has 0 amide bonds. The van der Waals surface area contributed by atoms with Crippen molar-refractivity contribution in [2.45, 2.75) is 30.5 Å². The predicted molar refractivity (Wildman–Crippen MR) is 67.9 cm³/mol. The third-order valence-corrected chi connectivity index (χ3v) is 3.76. The second-order valence-electron chi connectivity index (χ2n) is 5.00. The molecule has 0 aromatic heterocycles. The first kappa shape index (κ1) is 14.5. The van der Waals surface area contributed by atoms with Gasteiger partial charge < -0.3 is 9.80 Å². The normalized spacial score (nSPS) is 11.9. The lowest BCUT2D eigenvalue weighted by Crippen LogP contribution is -2.15. The maximum absolute atomic E-state index is 2.29. The first-order valence-corrected chi connectivity index (χ1v) is 6.97. The van der Waals surface area contributed by atoms with E-state index in [0.717, 1.165) is 4.78 Å². The maximum atomic E-state index is 2.29. The Balaban J connectivity index is 3.23. The largest absolute Gasteiger partial charge is 0.309 e. The Morgan fingerprint density at radius 2 is 1.21 bits per heavy atom. The van der Waals surface area contributed by atoms with Crippen LogP contribution in [-0.2, 0) is 0 Å². The number of hydrogen-bond acceptors (Lipinski definition) is 2. The summed E-state index contributed by atoms with van der Waals surface area (Å²) in [4.78, 5) is 4.57. The molecule has 0 saturated carbocycles. The van der Waals surface area contributed by atoms with Crippen molar-refractivity contribution in [3.05, 3.63) is 0 Å². The van der Waals surface area contributed by atoms with Crippen molar-refractivity contribution in [3.63, 3.8) is 0 Å². The van der Waals surface area contributed by atoms with Crippen LogP contribution in [-0.4, -0.2) is 67.4 Å². The molecule has 0 aliphatic carbocycles. The van der Waals surface area contributed by atoms with E-state index in [2.05, 4.69) is 38.0 Å². The molecule has 0 bridgehead atoms. The van der Waals surface area contributed by atoms with E-state index < -0.39 is 0 Å². The van der Waals surface area contributed by atoms with E-state index in [9.17, 15) is 0 Å². The minimum Gasteiger partial charge on any atom is -0.309 e. The van der Waals surface area contributed by atoms with Gasteiger partial charge in [-0.25, -0.2) is 0 Å². The zero-order chi connectivity index (χ0) is 11.0. The van der Waals surface area contributed by atoms with E-state index in [1.54, 1.807) is 0 Å². The number of hydrogen-bond donors (Lipinski definition) is 0. The van der Waals surface area contributed by atoms with Gasteiger partial charge in [-0.2, -0.15) is 0 Å². The highest BCUT2D eigenvalue weighted by atomic mass is 27.0. The van der Waals surface area contributed by atoms with Gasteiger partial charge in [0, 0.05) is 0 Å². The Labute approximate surface area is 98.1 Å². The van der Waals surface area contributed by atoms with Gasteiger partial charge in [-0.15, -0.1) is 0 Å². The van der Waals surface area contributed by atoms with Crippen LogP contribution in [0.15, 0.2) is 0 Å². The van der Waals surface area contributed by atoms with Gasteiger partial charge in [0.25, 0.3) is 0 Å². The van der Waals surface area contributed by atoms with Gasteiger partial charge in [-0.3, -0.25) is 0 Å². The molecule has 0 unspecified atom stereocenters. The predicted octanol–water partition coefficient (Wildman–Crippen LogP) is 1.09. The Kier molecular flexibility index (Phi) is 9.02. The first-order valence-electron chi connectivity index (χ1n) is 5.82. The Hall–Kier alpha value is 0.452. The summed E-state index contributed by atoms with van der Waals surface area (Å²) in [5.41, 5.74) is 0. The van der Waals surface area contributed by atoms with Gasteiger partial charge >= 0.3 is 0 Å². The summed E-state index contributed by atoms with van der Waals surface area (Å²) in [6.07, 6.45) is 5.64. The molecule has 0 fully saturated rings. The summed E-state index contributed by atoms with van der Waals surface area (Å²) in [5, 5.41) is 0. The second-order valence-corrected chi connectivity index (χ2v) is 6.63. The average Bonchev–Trinajstić information content (AvgIpc) is 2.02. The highest BCUT2D eigenvalue weighted by Gasteiger charge is 2.02. The van der Waals surface area contributed by atoms with Crippen molar-refractivity contribution in [3.8, 4) is 0 Å². The fourth-order valence-corrected chi connectivity index (χ4v) is 2.47. The van der Waals surface area contributed by atoms with E-state index in [-0.39, 0.29) is 0 Å². The Bertz CT molecular complexity index is 112. The SMILES string of the molecule is CN(C)CCC[CH]([AlH2])CCCN(C)C. The van der Waals surface area contributed by atoms with E-state index in [0.29, 0.717) is 0 Å². The summed E-state index contributed by atoms with van der Waals surface area (Å²) >= 11 is 1.37. The third-order valence-electron chi connectivity index (χ3n) is 2.60. The van der Waals surface area contributed by atoms with Gasteiger partial charge in [0.15, 0.2) is 0 Å². The van der Waals surface area contributed by atoms with Crippen LogP contribution in [0.1, 0.15) is 25.7 Å². The molecule has 0 aliphatic heterocycles. The van der Waals surface area contributed by atoms with E-state index in [1.165, 1.54) is 55.1 Å². The third kappa shape index (κ3) is 10.5. The van der Waals surface area contributed by atoms with Gasteiger partial charge in [-0.1, -0.05) is 17.6 Å². The molecule has 0 aromatic rings.